The zero-order valence-corrected chi connectivity index (χ0v) is 11.2. The van der Waals surface area contributed by atoms with Crippen LogP contribution in [0, 0.1) is 0 Å². The summed E-state index contributed by atoms with van der Waals surface area (Å²) in [6.07, 6.45) is 3.52. The molecule has 1 aliphatic rings. The number of rotatable bonds is 9. The average molecular weight is 265 g/mol. The van der Waals surface area contributed by atoms with Gasteiger partial charge in [0.2, 0.25) is 0 Å². The molecule has 2 N–H and O–H groups in total. The van der Waals surface area contributed by atoms with Gasteiger partial charge in [-0.3, -0.25) is 4.21 Å². The van der Waals surface area contributed by atoms with E-state index in [0.717, 1.165) is 19.4 Å². The molecule has 0 aromatic carbocycles. The van der Waals surface area contributed by atoms with E-state index in [0.29, 0.717) is 32.1 Å². The second kappa shape index (κ2) is 8.99. The van der Waals surface area contributed by atoms with Gasteiger partial charge in [-0.1, -0.05) is 0 Å². The van der Waals surface area contributed by atoms with Crippen LogP contribution in [0.25, 0.3) is 0 Å². The minimum atomic E-state index is -0.779. The molecular formula is C11H23NO4S. The molecule has 17 heavy (non-hydrogen) atoms. The molecule has 0 radical (unpaired) electrons. The van der Waals surface area contributed by atoms with Gasteiger partial charge in [0.1, 0.15) is 0 Å². The van der Waals surface area contributed by atoms with E-state index in [1.54, 1.807) is 6.26 Å². The van der Waals surface area contributed by atoms with Crippen molar-refractivity contribution in [2.45, 2.75) is 25.0 Å². The van der Waals surface area contributed by atoms with Gasteiger partial charge in [-0.2, -0.15) is 0 Å². The third-order valence-corrected chi connectivity index (χ3v) is 3.36. The molecular weight excluding hydrogens is 242 g/mol. The molecule has 3 atom stereocenters. The van der Waals surface area contributed by atoms with Gasteiger partial charge in [0.15, 0.2) is 0 Å². The molecule has 1 rings (SSSR count). The van der Waals surface area contributed by atoms with Gasteiger partial charge in [-0.25, -0.2) is 0 Å². The van der Waals surface area contributed by atoms with Crippen molar-refractivity contribution in [3.05, 3.63) is 0 Å². The minimum Gasteiger partial charge on any atom is -0.389 e. The van der Waals surface area contributed by atoms with E-state index in [1.807, 2.05) is 0 Å². The fourth-order valence-corrected chi connectivity index (χ4v) is 2.09. The second-order valence-electron chi connectivity index (χ2n) is 4.31. The lowest BCUT2D eigenvalue weighted by Gasteiger charge is -2.14. The maximum absolute atomic E-state index is 10.8. The number of nitrogens with one attached hydrogen (secondary N) is 1. The molecule has 0 aromatic rings. The number of aliphatic hydroxyl groups excluding tert-OH is 1. The first-order chi connectivity index (χ1) is 8.18. The molecule has 0 bridgehead atoms. The molecule has 0 aromatic heterocycles. The standard InChI is InChI=1S/C11H23NO4S/c1-17(14)6-4-12-7-10(13)8-15-9-11-3-2-5-16-11/h10-13H,2-9H2,1H3. The summed E-state index contributed by atoms with van der Waals surface area (Å²) in [5.74, 6) is 0.615. The van der Waals surface area contributed by atoms with Crippen LogP contribution in [-0.4, -0.2) is 66.4 Å². The highest BCUT2D eigenvalue weighted by Crippen LogP contribution is 2.11. The van der Waals surface area contributed by atoms with E-state index < -0.39 is 16.9 Å². The fraction of sp³-hybridized carbons (Fsp3) is 1.00. The zero-order valence-electron chi connectivity index (χ0n) is 10.4. The summed E-state index contributed by atoms with van der Waals surface area (Å²) in [6, 6.07) is 0. The molecule has 6 heteroatoms. The van der Waals surface area contributed by atoms with Crippen molar-refractivity contribution in [2.24, 2.45) is 0 Å². The highest BCUT2D eigenvalue weighted by molar-refractivity contribution is 7.84. The molecule has 0 aliphatic carbocycles. The SMILES string of the molecule is CS(=O)CCNCC(O)COCC1CCCO1. The van der Waals surface area contributed by atoms with Crippen LogP contribution in [0.15, 0.2) is 0 Å². The Kier molecular flexibility index (Phi) is 7.96. The Morgan fingerprint density at radius 1 is 1.65 bits per heavy atom. The van der Waals surface area contributed by atoms with Gasteiger partial charge in [0.05, 0.1) is 25.4 Å². The van der Waals surface area contributed by atoms with Crippen LogP contribution in [0.2, 0.25) is 0 Å². The number of aliphatic hydroxyl groups is 1. The lowest BCUT2D eigenvalue weighted by molar-refractivity contribution is -0.0162. The van der Waals surface area contributed by atoms with E-state index in [1.165, 1.54) is 0 Å². The lowest BCUT2D eigenvalue weighted by Crippen LogP contribution is -2.33. The highest BCUT2D eigenvalue weighted by Gasteiger charge is 2.15. The predicted molar refractivity (Wildman–Crippen MR) is 67.6 cm³/mol. The van der Waals surface area contributed by atoms with Crippen LogP contribution in [0.1, 0.15) is 12.8 Å². The van der Waals surface area contributed by atoms with Gasteiger partial charge >= 0.3 is 0 Å². The first kappa shape index (κ1) is 15.0. The molecule has 0 amide bonds. The van der Waals surface area contributed by atoms with Gasteiger partial charge in [0.25, 0.3) is 0 Å². The summed E-state index contributed by atoms with van der Waals surface area (Å²) >= 11 is 0. The summed E-state index contributed by atoms with van der Waals surface area (Å²) in [5, 5.41) is 12.6. The quantitative estimate of drug-likeness (QED) is 0.551. The maximum atomic E-state index is 10.8. The molecule has 1 saturated heterocycles. The van der Waals surface area contributed by atoms with E-state index in [9.17, 15) is 9.32 Å². The lowest BCUT2D eigenvalue weighted by atomic mass is 10.2. The molecule has 5 nitrogen and oxygen atoms in total. The van der Waals surface area contributed by atoms with Crippen molar-refractivity contribution >= 4 is 10.8 Å². The molecule has 0 saturated carbocycles. The minimum absolute atomic E-state index is 0.206. The molecule has 1 heterocycles. The van der Waals surface area contributed by atoms with E-state index in [2.05, 4.69) is 5.32 Å². The Morgan fingerprint density at radius 3 is 3.12 bits per heavy atom. The Hall–Kier alpha value is -0.0100. The second-order valence-corrected chi connectivity index (χ2v) is 5.86. The van der Waals surface area contributed by atoms with Crippen molar-refractivity contribution in [1.82, 2.24) is 5.32 Å². The summed E-state index contributed by atoms with van der Waals surface area (Å²) < 4.78 is 21.6. The van der Waals surface area contributed by atoms with Crippen LogP contribution >= 0.6 is 0 Å². The fourth-order valence-electron chi connectivity index (χ4n) is 1.65. The Morgan fingerprint density at radius 2 is 2.47 bits per heavy atom. The number of hydrogen-bond donors (Lipinski definition) is 2. The smallest absolute Gasteiger partial charge is 0.0897 e. The summed E-state index contributed by atoms with van der Waals surface area (Å²) in [4.78, 5) is 0. The van der Waals surface area contributed by atoms with Gasteiger partial charge < -0.3 is 19.9 Å². The van der Waals surface area contributed by atoms with Crippen LogP contribution in [-0.2, 0) is 20.3 Å². The predicted octanol–water partition coefficient (Wildman–Crippen LogP) is -0.489. The third-order valence-electron chi connectivity index (χ3n) is 2.58. The van der Waals surface area contributed by atoms with Crippen molar-refractivity contribution in [3.63, 3.8) is 0 Å². The molecule has 102 valence electrons. The summed E-state index contributed by atoms with van der Waals surface area (Å²) in [6.45, 7) is 2.85. The Bertz CT molecular complexity index is 222. The average Bonchev–Trinajstić information content (AvgIpc) is 2.77. The molecule has 1 aliphatic heterocycles. The zero-order chi connectivity index (χ0) is 12.5. The first-order valence-corrected chi connectivity index (χ1v) is 7.79. The Balaban J connectivity index is 1.89. The van der Waals surface area contributed by atoms with E-state index in [4.69, 9.17) is 9.47 Å². The highest BCUT2D eigenvalue weighted by atomic mass is 32.2. The maximum Gasteiger partial charge on any atom is 0.0897 e. The van der Waals surface area contributed by atoms with Crippen molar-refractivity contribution in [3.8, 4) is 0 Å². The largest absolute Gasteiger partial charge is 0.389 e. The van der Waals surface area contributed by atoms with Gasteiger partial charge in [-0.15, -0.1) is 0 Å². The van der Waals surface area contributed by atoms with Crippen LogP contribution in [0.3, 0.4) is 0 Å². The van der Waals surface area contributed by atoms with E-state index >= 15 is 0 Å². The van der Waals surface area contributed by atoms with Crippen LogP contribution < -0.4 is 5.32 Å². The van der Waals surface area contributed by atoms with Crippen molar-refractivity contribution in [1.29, 1.82) is 0 Å². The van der Waals surface area contributed by atoms with Crippen molar-refractivity contribution < 1.29 is 18.8 Å². The number of hydrogen-bond acceptors (Lipinski definition) is 5. The molecule has 3 unspecified atom stereocenters. The van der Waals surface area contributed by atoms with Crippen LogP contribution in [0.4, 0.5) is 0 Å². The summed E-state index contributed by atoms with van der Waals surface area (Å²) in [5.41, 5.74) is 0. The number of ether oxygens (including phenoxy) is 2. The Labute approximate surface area is 105 Å². The molecule has 0 spiro atoms. The van der Waals surface area contributed by atoms with Crippen LogP contribution in [0.5, 0.6) is 0 Å². The monoisotopic (exact) mass is 265 g/mol. The summed E-state index contributed by atoms with van der Waals surface area (Å²) in [7, 11) is -0.779. The van der Waals surface area contributed by atoms with E-state index in [-0.39, 0.29) is 6.10 Å². The van der Waals surface area contributed by atoms with Crippen molar-refractivity contribution in [2.75, 3.05) is 44.9 Å². The normalized spacial score (nSPS) is 23.8. The molecule has 1 fully saturated rings. The first-order valence-electron chi connectivity index (χ1n) is 6.06. The van der Waals surface area contributed by atoms with Gasteiger partial charge in [0, 0.05) is 42.5 Å². The third kappa shape index (κ3) is 7.83. The van der Waals surface area contributed by atoms with Gasteiger partial charge in [-0.05, 0) is 12.8 Å². The topological polar surface area (TPSA) is 67.8 Å².